The van der Waals surface area contributed by atoms with Crippen LogP contribution in [0.4, 0.5) is 4.79 Å². The van der Waals surface area contributed by atoms with Crippen molar-refractivity contribution in [1.29, 1.82) is 0 Å². The van der Waals surface area contributed by atoms with Gasteiger partial charge in [0.25, 0.3) is 5.22 Å². The lowest BCUT2D eigenvalue weighted by molar-refractivity contribution is -0.117. The van der Waals surface area contributed by atoms with Crippen molar-refractivity contribution in [3.8, 4) is 11.5 Å². The monoisotopic (exact) mass is 388 g/mol. The van der Waals surface area contributed by atoms with Crippen molar-refractivity contribution in [1.82, 2.24) is 20.8 Å². The Labute approximate surface area is 162 Å². The van der Waals surface area contributed by atoms with E-state index in [1.807, 2.05) is 31.2 Å². The standard InChI is InChI=1S/C19H24N4O3S/c1-12-7-9-14(10-8-12)17-22-23-19(26-17)27-11-16(24)21-18(25)20-15-6-4-3-5-13(15)2/h7-10,13,15H,3-6,11H2,1-2H3,(H2,20,21,24,25)/t13-,15-/m0/s1. The molecule has 144 valence electrons. The van der Waals surface area contributed by atoms with Gasteiger partial charge < -0.3 is 9.73 Å². The first-order valence-corrected chi connectivity index (χ1v) is 10.1. The molecule has 8 heteroatoms. The molecule has 7 nitrogen and oxygen atoms in total. The molecule has 0 bridgehead atoms. The number of thioether (sulfide) groups is 1. The third kappa shape index (κ3) is 5.56. The molecule has 27 heavy (non-hydrogen) atoms. The Bertz CT molecular complexity index is 791. The SMILES string of the molecule is Cc1ccc(-c2nnc(SCC(=O)NC(=O)N[C@H]3CCCC[C@@H]3C)o2)cc1. The Morgan fingerprint density at radius 3 is 2.67 bits per heavy atom. The zero-order valence-electron chi connectivity index (χ0n) is 15.5. The smallest absolute Gasteiger partial charge is 0.321 e. The van der Waals surface area contributed by atoms with Crippen LogP contribution < -0.4 is 10.6 Å². The number of hydrogen-bond acceptors (Lipinski definition) is 6. The number of nitrogens with zero attached hydrogens (tertiary/aromatic N) is 2. The molecule has 0 saturated heterocycles. The van der Waals surface area contributed by atoms with Gasteiger partial charge in [-0.25, -0.2) is 4.79 Å². The van der Waals surface area contributed by atoms with E-state index in [-0.39, 0.29) is 11.8 Å². The summed E-state index contributed by atoms with van der Waals surface area (Å²) in [7, 11) is 0. The number of imide groups is 1. The van der Waals surface area contributed by atoms with Gasteiger partial charge in [-0.05, 0) is 37.8 Å². The molecule has 0 radical (unpaired) electrons. The first-order valence-electron chi connectivity index (χ1n) is 9.15. The number of carbonyl (C=O) groups is 2. The number of aromatic nitrogens is 2. The third-order valence-corrected chi connectivity index (χ3v) is 5.53. The molecule has 0 spiro atoms. The van der Waals surface area contributed by atoms with E-state index in [9.17, 15) is 9.59 Å². The van der Waals surface area contributed by atoms with Crippen molar-refractivity contribution in [3.63, 3.8) is 0 Å². The highest BCUT2D eigenvalue weighted by Gasteiger charge is 2.23. The molecule has 3 amide bonds. The van der Waals surface area contributed by atoms with E-state index < -0.39 is 11.9 Å². The minimum absolute atomic E-state index is 0.0309. The molecular weight excluding hydrogens is 364 g/mol. The van der Waals surface area contributed by atoms with Crippen LogP contribution in [0.15, 0.2) is 33.9 Å². The van der Waals surface area contributed by atoms with Crippen LogP contribution in [0, 0.1) is 12.8 Å². The number of urea groups is 1. The lowest BCUT2D eigenvalue weighted by Crippen LogP contribution is -2.48. The molecule has 1 aliphatic carbocycles. The van der Waals surface area contributed by atoms with E-state index >= 15 is 0 Å². The van der Waals surface area contributed by atoms with Gasteiger partial charge in [0.05, 0.1) is 5.75 Å². The van der Waals surface area contributed by atoms with E-state index in [1.165, 1.54) is 6.42 Å². The number of hydrogen-bond donors (Lipinski definition) is 2. The van der Waals surface area contributed by atoms with Gasteiger partial charge in [0, 0.05) is 11.6 Å². The van der Waals surface area contributed by atoms with Gasteiger partial charge in [-0.3, -0.25) is 10.1 Å². The fourth-order valence-electron chi connectivity index (χ4n) is 3.11. The summed E-state index contributed by atoms with van der Waals surface area (Å²) in [5, 5.41) is 13.5. The zero-order valence-corrected chi connectivity index (χ0v) is 16.3. The fraction of sp³-hybridized carbons (Fsp3) is 0.474. The van der Waals surface area contributed by atoms with Gasteiger partial charge in [-0.2, -0.15) is 0 Å². The lowest BCUT2D eigenvalue weighted by atomic mass is 9.86. The maximum absolute atomic E-state index is 12.0. The summed E-state index contributed by atoms with van der Waals surface area (Å²) in [6, 6.07) is 7.43. The predicted octanol–water partition coefficient (Wildman–Crippen LogP) is 3.54. The molecule has 2 atom stereocenters. The minimum atomic E-state index is -0.440. The average Bonchev–Trinajstić information content (AvgIpc) is 3.11. The number of aryl methyl sites for hydroxylation is 1. The molecular formula is C19H24N4O3S. The third-order valence-electron chi connectivity index (χ3n) is 4.71. The van der Waals surface area contributed by atoms with Crippen molar-refractivity contribution in [2.24, 2.45) is 5.92 Å². The highest BCUT2D eigenvalue weighted by Crippen LogP contribution is 2.24. The summed E-state index contributed by atoms with van der Waals surface area (Å²) < 4.78 is 5.56. The van der Waals surface area contributed by atoms with Crippen LogP contribution in [-0.2, 0) is 4.79 Å². The fourth-order valence-corrected chi connectivity index (χ4v) is 3.67. The van der Waals surface area contributed by atoms with Crippen LogP contribution in [0.5, 0.6) is 0 Å². The molecule has 2 aromatic rings. The van der Waals surface area contributed by atoms with Crippen LogP contribution in [0.3, 0.4) is 0 Å². The Balaban J connectivity index is 1.45. The number of amides is 3. The van der Waals surface area contributed by atoms with E-state index in [4.69, 9.17) is 4.42 Å². The van der Waals surface area contributed by atoms with Gasteiger partial charge >= 0.3 is 6.03 Å². The highest BCUT2D eigenvalue weighted by atomic mass is 32.2. The van der Waals surface area contributed by atoms with Gasteiger partial charge in [-0.1, -0.05) is 49.2 Å². The normalized spacial score (nSPS) is 19.5. The molecule has 0 unspecified atom stereocenters. The van der Waals surface area contributed by atoms with Crippen LogP contribution >= 0.6 is 11.8 Å². The Kier molecular flexibility index (Phi) is 6.49. The van der Waals surface area contributed by atoms with Crippen molar-refractivity contribution in [2.45, 2.75) is 50.8 Å². The molecule has 1 saturated carbocycles. The second-order valence-corrected chi connectivity index (χ2v) is 7.84. The second-order valence-electron chi connectivity index (χ2n) is 6.92. The number of benzene rings is 1. The van der Waals surface area contributed by atoms with E-state index in [0.29, 0.717) is 17.0 Å². The van der Waals surface area contributed by atoms with E-state index in [1.54, 1.807) is 0 Å². The van der Waals surface area contributed by atoms with Crippen LogP contribution in [0.25, 0.3) is 11.5 Å². The van der Waals surface area contributed by atoms with Crippen LogP contribution in [-0.4, -0.2) is 33.9 Å². The van der Waals surface area contributed by atoms with Gasteiger partial charge in [-0.15, -0.1) is 10.2 Å². The number of carbonyl (C=O) groups excluding carboxylic acids is 2. The quantitative estimate of drug-likeness (QED) is 0.761. The Hall–Kier alpha value is -2.35. The highest BCUT2D eigenvalue weighted by molar-refractivity contribution is 7.99. The van der Waals surface area contributed by atoms with Gasteiger partial charge in [0.15, 0.2) is 0 Å². The molecule has 1 heterocycles. The second kappa shape index (κ2) is 9.03. The summed E-state index contributed by atoms with van der Waals surface area (Å²) in [5.74, 6) is 0.481. The molecule has 3 rings (SSSR count). The maximum Gasteiger partial charge on any atom is 0.321 e. The number of rotatable bonds is 5. The summed E-state index contributed by atoms with van der Waals surface area (Å²) >= 11 is 1.10. The maximum atomic E-state index is 12.0. The molecule has 1 aromatic carbocycles. The first-order chi connectivity index (χ1) is 13.0. The first kappa shape index (κ1) is 19.4. The van der Waals surface area contributed by atoms with Crippen molar-refractivity contribution in [2.75, 3.05) is 5.75 Å². The predicted molar refractivity (Wildman–Crippen MR) is 103 cm³/mol. The van der Waals surface area contributed by atoms with E-state index in [2.05, 4.69) is 27.8 Å². The lowest BCUT2D eigenvalue weighted by Gasteiger charge is -2.29. The minimum Gasteiger partial charge on any atom is -0.411 e. The Morgan fingerprint density at radius 2 is 1.93 bits per heavy atom. The van der Waals surface area contributed by atoms with Gasteiger partial charge in [0.2, 0.25) is 11.8 Å². The number of nitrogens with one attached hydrogen (secondary N) is 2. The van der Waals surface area contributed by atoms with E-state index in [0.717, 1.165) is 42.2 Å². The molecule has 2 N–H and O–H groups in total. The summed E-state index contributed by atoms with van der Waals surface area (Å²) in [6.07, 6.45) is 4.38. The topological polar surface area (TPSA) is 97.1 Å². The van der Waals surface area contributed by atoms with Crippen molar-refractivity contribution >= 4 is 23.7 Å². The van der Waals surface area contributed by atoms with Crippen molar-refractivity contribution in [3.05, 3.63) is 29.8 Å². The Morgan fingerprint density at radius 1 is 1.19 bits per heavy atom. The molecule has 0 aliphatic heterocycles. The zero-order chi connectivity index (χ0) is 19.2. The van der Waals surface area contributed by atoms with Crippen LogP contribution in [0.1, 0.15) is 38.2 Å². The largest absolute Gasteiger partial charge is 0.411 e. The average molecular weight is 388 g/mol. The summed E-state index contributed by atoms with van der Waals surface area (Å²) in [5.41, 5.74) is 1.97. The van der Waals surface area contributed by atoms with Gasteiger partial charge in [0.1, 0.15) is 0 Å². The molecule has 1 aliphatic rings. The summed E-state index contributed by atoms with van der Waals surface area (Å²) in [6.45, 7) is 4.13. The summed E-state index contributed by atoms with van der Waals surface area (Å²) in [4.78, 5) is 24.0. The van der Waals surface area contributed by atoms with Crippen LogP contribution in [0.2, 0.25) is 0 Å². The van der Waals surface area contributed by atoms with Crippen molar-refractivity contribution < 1.29 is 14.0 Å². The molecule has 1 aromatic heterocycles. The molecule has 1 fully saturated rings.